The second-order valence-corrected chi connectivity index (χ2v) is 8.39. The zero-order valence-electron chi connectivity index (χ0n) is 15.2. The van der Waals surface area contributed by atoms with Gasteiger partial charge in [-0.05, 0) is 62.0 Å². The Labute approximate surface area is 159 Å². The highest BCUT2D eigenvalue weighted by molar-refractivity contribution is 5.95. The summed E-state index contributed by atoms with van der Waals surface area (Å²) in [5, 5.41) is 3.38. The summed E-state index contributed by atoms with van der Waals surface area (Å²) in [5.74, 6) is 0.594. The molecule has 4 bridgehead atoms. The number of aromatic nitrogens is 2. The van der Waals surface area contributed by atoms with Gasteiger partial charge in [-0.2, -0.15) is 18.2 Å². The molecular formula is C20H20F3N3O2. The van der Waals surface area contributed by atoms with Crippen LogP contribution in [0.4, 0.5) is 13.2 Å². The highest BCUT2D eigenvalue weighted by Gasteiger charge is 2.44. The summed E-state index contributed by atoms with van der Waals surface area (Å²) >= 11 is 0. The molecule has 2 aliphatic carbocycles. The molecule has 0 radical (unpaired) electrons. The maximum absolute atomic E-state index is 13.1. The third kappa shape index (κ3) is 3.08. The number of carbonyl (C=O) groups excluding carboxylic acids is 1. The lowest BCUT2D eigenvalue weighted by atomic mass is 9.68. The van der Waals surface area contributed by atoms with Crippen molar-refractivity contribution in [3.63, 3.8) is 0 Å². The molecule has 4 fully saturated rings. The Hall–Kier alpha value is -2.38. The highest BCUT2D eigenvalue weighted by Crippen LogP contribution is 2.47. The molecule has 2 aromatic rings. The average molecular weight is 391 g/mol. The van der Waals surface area contributed by atoms with Crippen molar-refractivity contribution in [2.75, 3.05) is 6.54 Å². The maximum atomic E-state index is 13.1. The molecule has 8 heteroatoms. The van der Waals surface area contributed by atoms with Crippen LogP contribution in [0.15, 0.2) is 28.8 Å². The van der Waals surface area contributed by atoms with Gasteiger partial charge in [0.25, 0.3) is 5.91 Å². The highest BCUT2D eigenvalue weighted by atomic mass is 19.4. The number of fused-ring (bicyclic) bond motifs is 1. The SMILES string of the molecule is O=C(c1ccc(-c2noc(C(F)(F)F)n2)cc1)N1CC2CC3CC(C2)CC1C3. The van der Waals surface area contributed by atoms with E-state index in [1.54, 1.807) is 24.3 Å². The normalized spacial score (nSPS) is 29.2. The second-order valence-electron chi connectivity index (χ2n) is 8.39. The standard InChI is InChI=1S/C20H20F3N3O2/c21-20(22,23)19-24-17(25-28-19)14-1-3-15(4-2-14)18(27)26-10-13-6-11-5-12(7-13)9-16(26)8-11/h1-4,11-13,16H,5-10H2. The molecule has 2 atom stereocenters. The first-order valence-electron chi connectivity index (χ1n) is 9.69. The number of carbonyl (C=O) groups is 1. The van der Waals surface area contributed by atoms with E-state index in [4.69, 9.17) is 0 Å². The Balaban J connectivity index is 1.36. The number of hydrogen-bond acceptors (Lipinski definition) is 4. The van der Waals surface area contributed by atoms with Gasteiger partial charge in [0.15, 0.2) is 0 Å². The van der Waals surface area contributed by atoms with Gasteiger partial charge in [0.1, 0.15) is 0 Å². The van der Waals surface area contributed by atoms with E-state index in [1.807, 2.05) is 4.90 Å². The predicted molar refractivity (Wildman–Crippen MR) is 93.1 cm³/mol. The minimum atomic E-state index is -4.67. The lowest BCUT2D eigenvalue weighted by Crippen LogP contribution is -2.42. The Morgan fingerprint density at radius 3 is 2.25 bits per heavy atom. The number of nitrogens with zero attached hydrogens (tertiary/aromatic N) is 3. The van der Waals surface area contributed by atoms with Crippen LogP contribution in [0, 0.1) is 17.8 Å². The Bertz CT molecular complexity index is 879. The monoisotopic (exact) mass is 391 g/mol. The van der Waals surface area contributed by atoms with Gasteiger partial charge in [-0.25, -0.2) is 0 Å². The van der Waals surface area contributed by atoms with Crippen molar-refractivity contribution >= 4 is 5.91 Å². The average Bonchev–Trinajstić information content (AvgIpc) is 3.08. The number of amides is 1. The van der Waals surface area contributed by atoms with Crippen molar-refractivity contribution in [1.82, 2.24) is 15.0 Å². The summed E-state index contributed by atoms with van der Waals surface area (Å²) in [4.78, 5) is 18.6. The number of hydrogen-bond donors (Lipinski definition) is 0. The number of alkyl halides is 3. The van der Waals surface area contributed by atoms with Crippen LogP contribution >= 0.6 is 0 Å². The Morgan fingerprint density at radius 1 is 1.00 bits per heavy atom. The molecule has 6 rings (SSSR count). The summed E-state index contributed by atoms with van der Waals surface area (Å²) in [6.45, 7) is 0.817. The fraction of sp³-hybridized carbons (Fsp3) is 0.550. The summed E-state index contributed by atoms with van der Waals surface area (Å²) in [5.41, 5.74) is 0.927. The first kappa shape index (κ1) is 17.7. The van der Waals surface area contributed by atoms with Crippen molar-refractivity contribution in [2.24, 2.45) is 17.8 Å². The third-order valence-electron chi connectivity index (χ3n) is 6.43. The molecule has 2 saturated heterocycles. The minimum Gasteiger partial charge on any atom is -0.335 e. The summed E-state index contributed by atoms with van der Waals surface area (Å²) < 4.78 is 42.1. The first-order chi connectivity index (χ1) is 13.4. The smallest absolute Gasteiger partial charge is 0.335 e. The van der Waals surface area contributed by atoms with Crippen LogP contribution < -0.4 is 0 Å². The molecule has 4 aliphatic rings. The molecule has 148 valence electrons. The van der Waals surface area contributed by atoms with Crippen molar-refractivity contribution in [1.29, 1.82) is 0 Å². The van der Waals surface area contributed by atoms with Gasteiger partial charge in [0.05, 0.1) is 0 Å². The van der Waals surface area contributed by atoms with Gasteiger partial charge >= 0.3 is 12.1 Å². The van der Waals surface area contributed by atoms with Crippen LogP contribution in [-0.4, -0.2) is 33.5 Å². The van der Waals surface area contributed by atoms with Crippen LogP contribution in [0.1, 0.15) is 48.4 Å². The lowest BCUT2D eigenvalue weighted by Gasteiger charge is -2.39. The molecule has 3 heterocycles. The van der Waals surface area contributed by atoms with E-state index in [0.717, 1.165) is 31.2 Å². The molecule has 2 unspecified atom stereocenters. The molecule has 2 aliphatic heterocycles. The summed E-state index contributed by atoms with van der Waals surface area (Å²) in [7, 11) is 0. The van der Waals surface area contributed by atoms with Crippen LogP contribution in [0.5, 0.6) is 0 Å². The van der Waals surface area contributed by atoms with E-state index < -0.39 is 12.1 Å². The quantitative estimate of drug-likeness (QED) is 0.761. The molecule has 5 nitrogen and oxygen atoms in total. The van der Waals surface area contributed by atoms with Crippen molar-refractivity contribution in [3.05, 3.63) is 35.7 Å². The van der Waals surface area contributed by atoms with Crippen LogP contribution in [-0.2, 0) is 6.18 Å². The predicted octanol–water partition coefficient (Wildman–Crippen LogP) is 4.41. The summed E-state index contributed by atoms with van der Waals surface area (Å²) in [6.07, 6.45) is 1.30. The molecular weight excluding hydrogens is 371 g/mol. The van der Waals surface area contributed by atoms with Gasteiger partial charge in [-0.1, -0.05) is 17.3 Å². The zero-order chi connectivity index (χ0) is 19.5. The molecule has 2 saturated carbocycles. The second kappa shape index (κ2) is 6.32. The summed E-state index contributed by atoms with van der Waals surface area (Å²) in [6, 6.07) is 6.72. The van der Waals surface area contributed by atoms with Crippen molar-refractivity contribution in [2.45, 2.75) is 44.3 Å². The topological polar surface area (TPSA) is 59.2 Å². The fourth-order valence-electron chi connectivity index (χ4n) is 5.42. The van der Waals surface area contributed by atoms with Gasteiger partial charge in [-0.15, -0.1) is 0 Å². The molecule has 0 spiro atoms. The Morgan fingerprint density at radius 2 is 1.64 bits per heavy atom. The molecule has 1 aromatic heterocycles. The first-order valence-corrected chi connectivity index (χ1v) is 9.69. The number of halogens is 3. The lowest BCUT2D eigenvalue weighted by molar-refractivity contribution is -0.159. The van der Waals surface area contributed by atoms with Gasteiger partial charge in [0, 0.05) is 23.7 Å². The van der Waals surface area contributed by atoms with Crippen molar-refractivity contribution < 1.29 is 22.5 Å². The molecule has 28 heavy (non-hydrogen) atoms. The van der Waals surface area contributed by atoms with Crippen molar-refractivity contribution in [3.8, 4) is 11.4 Å². The van der Waals surface area contributed by atoms with Crippen LogP contribution in [0.3, 0.4) is 0 Å². The van der Waals surface area contributed by atoms with E-state index >= 15 is 0 Å². The van der Waals surface area contributed by atoms with E-state index in [9.17, 15) is 18.0 Å². The van der Waals surface area contributed by atoms with Crippen LogP contribution in [0.2, 0.25) is 0 Å². The van der Waals surface area contributed by atoms with E-state index in [2.05, 4.69) is 14.7 Å². The zero-order valence-corrected chi connectivity index (χ0v) is 15.2. The van der Waals surface area contributed by atoms with Crippen LogP contribution in [0.25, 0.3) is 11.4 Å². The fourth-order valence-corrected chi connectivity index (χ4v) is 5.42. The number of rotatable bonds is 2. The van der Waals surface area contributed by atoms with Gasteiger partial charge in [-0.3, -0.25) is 4.79 Å². The van der Waals surface area contributed by atoms with Gasteiger partial charge < -0.3 is 9.42 Å². The molecule has 1 aromatic carbocycles. The van der Waals surface area contributed by atoms with E-state index in [-0.39, 0.29) is 11.7 Å². The maximum Gasteiger partial charge on any atom is 0.471 e. The molecule has 0 N–H and O–H groups in total. The van der Waals surface area contributed by atoms with E-state index in [0.29, 0.717) is 23.1 Å². The number of benzene rings is 1. The minimum absolute atomic E-state index is 0.00819. The van der Waals surface area contributed by atoms with Gasteiger partial charge in [0.2, 0.25) is 5.82 Å². The van der Waals surface area contributed by atoms with E-state index in [1.165, 1.54) is 19.3 Å². The largest absolute Gasteiger partial charge is 0.471 e. The third-order valence-corrected chi connectivity index (χ3v) is 6.43. The Kier molecular flexibility index (Phi) is 4.00. The molecule has 1 amide bonds.